The number of nitrogens with one attached hydrogen (secondary N) is 1. The second-order valence-electron chi connectivity index (χ2n) is 5.29. The van der Waals surface area contributed by atoms with Crippen molar-refractivity contribution < 1.29 is 9.18 Å². The lowest BCUT2D eigenvalue weighted by Crippen LogP contribution is -2.32. The fraction of sp³-hybridized carbons (Fsp3) is 0.533. The molecule has 0 spiro atoms. The fourth-order valence-corrected chi connectivity index (χ4v) is 3.84. The predicted octanol–water partition coefficient (Wildman–Crippen LogP) is 3.95. The summed E-state index contributed by atoms with van der Waals surface area (Å²) in [7, 11) is 0. The minimum atomic E-state index is -0.424. The molecule has 0 saturated heterocycles. The molecule has 0 bridgehead atoms. The summed E-state index contributed by atoms with van der Waals surface area (Å²) >= 11 is 9.44. The summed E-state index contributed by atoms with van der Waals surface area (Å²) in [4.78, 5) is 11.9. The molecule has 2 rings (SSSR count). The molecular formula is C15H18BrClFNO. The zero-order valence-electron chi connectivity index (χ0n) is 11.2. The minimum Gasteiger partial charge on any atom is -0.356 e. The van der Waals surface area contributed by atoms with Gasteiger partial charge in [-0.2, -0.15) is 0 Å². The van der Waals surface area contributed by atoms with E-state index in [9.17, 15) is 9.18 Å². The van der Waals surface area contributed by atoms with Gasteiger partial charge >= 0.3 is 0 Å². The van der Waals surface area contributed by atoms with Crippen molar-refractivity contribution in [1.82, 2.24) is 5.32 Å². The largest absolute Gasteiger partial charge is 0.356 e. The average Bonchev–Trinajstić information content (AvgIpc) is 2.88. The minimum absolute atomic E-state index is 0.00277. The van der Waals surface area contributed by atoms with Crippen LogP contribution >= 0.6 is 27.5 Å². The number of amides is 1. The Morgan fingerprint density at radius 3 is 2.85 bits per heavy atom. The summed E-state index contributed by atoms with van der Waals surface area (Å²) in [6.45, 7) is 0.668. The third kappa shape index (κ3) is 3.95. The molecule has 1 fully saturated rings. The van der Waals surface area contributed by atoms with Crippen LogP contribution in [0.15, 0.2) is 18.2 Å². The highest BCUT2D eigenvalue weighted by molar-refractivity contribution is 9.09. The number of carbonyl (C=O) groups is 1. The van der Waals surface area contributed by atoms with Gasteiger partial charge in [-0.3, -0.25) is 4.79 Å². The van der Waals surface area contributed by atoms with E-state index in [2.05, 4.69) is 21.2 Å². The molecule has 2 atom stereocenters. The Morgan fingerprint density at radius 2 is 2.15 bits per heavy atom. The first-order valence-electron chi connectivity index (χ1n) is 6.87. The van der Waals surface area contributed by atoms with Crippen LogP contribution in [-0.4, -0.2) is 17.8 Å². The average molecular weight is 363 g/mol. The molecule has 5 heteroatoms. The Bertz CT molecular complexity index is 463. The van der Waals surface area contributed by atoms with Gasteiger partial charge in [-0.05, 0) is 36.8 Å². The first-order chi connectivity index (χ1) is 9.61. The van der Waals surface area contributed by atoms with Crippen molar-refractivity contribution in [3.05, 3.63) is 34.6 Å². The van der Waals surface area contributed by atoms with E-state index < -0.39 is 5.82 Å². The van der Waals surface area contributed by atoms with Crippen molar-refractivity contribution in [2.24, 2.45) is 11.8 Å². The molecule has 0 aromatic heterocycles. The van der Waals surface area contributed by atoms with E-state index in [4.69, 9.17) is 11.6 Å². The van der Waals surface area contributed by atoms with Crippen molar-refractivity contribution in [2.75, 3.05) is 11.9 Å². The first kappa shape index (κ1) is 15.8. The van der Waals surface area contributed by atoms with Gasteiger partial charge in [0.05, 0.1) is 6.42 Å². The molecule has 1 aliphatic rings. The van der Waals surface area contributed by atoms with Crippen molar-refractivity contribution in [3.63, 3.8) is 0 Å². The highest BCUT2D eigenvalue weighted by atomic mass is 79.9. The number of hydrogen-bond donors (Lipinski definition) is 1. The van der Waals surface area contributed by atoms with Crippen LogP contribution < -0.4 is 5.32 Å². The van der Waals surface area contributed by atoms with Crippen LogP contribution in [0.3, 0.4) is 0 Å². The van der Waals surface area contributed by atoms with Crippen LogP contribution in [0.4, 0.5) is 4.39 Å². The Kier molecular flexibility index (Phi) is 5.85. The lowest BCUT2D eigenvalue weighted by Gasteiger charge is -2.18. The maximum absolute atomic E-state index is 13.6. The topological polar surface area (TPSA) is 29.1 Å². The molecule has 1 N–H and O–H groups in total. The second kappa shape index (κ2) is 7.41. The van der Waals surface area contributed by atoms with Gasteiger partial charge < -0.3 is 5.32 Å². The lowest BCUT2D eigenvalue weighted by molar-refractivity contribution is -0.120. The fourth-order valence-electron chi connectivity index (χ4n) is 2.75. The SMILES string of the molecule is O=C(Cc1c(F)cccc1Cl)NCC1CCCC1CBr. The zero-order valence-corrected chi connectivity index (χ0v) is 13.5. The van der Waals surface area contributed by atoms with E-state index in [1.165, 1.54) is 25.0 Å². The van der Waals surface area contributed by atoms with Crippen LogP contribution in [0.1, 0.15) is 24.8 Å². The molecule has 0 radical (unpaired) electrons. The number of benzene rings is 1. The molecule has 2 nitrogen and oxygen atoms in total. The van der Waals surface area contributed by atoms with Gasteiger partial charge in [0, 0.05) is 22.5 Å². The number of carbonyl (C=O) groups excluding carboxylic acids is 1. The molecule has 1 aromatic rings. The summed E-state index contributed by atoms with van der Waals surface area (Å²) in [5.41, 5.74) is 0.273. The predicted molar refractivity (Wildman–Crippen MR) is 82.7 cm³/mol. The standard InChI is InChI=1S/C15H18BrClFNO/c16-8-10-3-1-4-11(10)9-19-15(20)7-12-13(17)5-2-6-14(12)18/h2,5-6,10-11H,1,3-4,7-9H2,(H,19,20). The first-order valence-corrected chi connectivity index (χ1v) is 8.37. The molecule has 2 unspecified atom stereocenters. The van der Waals surface area contributed by atoms with E-state index in [-0.39, 0.29) is 17.9 Å². The third-order valence-electron chi connectivity index (χ3n) is 3.98. The molecule has 1 amide bonds. The molecule has 1 aliphatic carbocycles. The van der Waals surface area contributed by atoms with Crippen LogP contribution in [0.5, 0.6) is 0 Å². The molecule has 20 heavy (non-hydrogen) atoms. The number of halogens is 3. The highest BCUT2D eigenvalue weighted by Gasteiger charge is 2.26. The van der Waals surface area contributed by atoms with E-state index in [1.807, 2.05) is 0 Å². The van der Waals surface area contributed by atoms with Crippen molar-refractivity contribution in [3.8, 4) is 0 Å². The van der Waals surface area contributed by atoms with Gasteiger partial charge in [-0.15, -0.1) is 0 Å². The maximum atomic E-state index is 13.6. The highest BCUT2D eigenvalue weighted by Crippen LogP contribution is 2.32. The molecule has 1 saturated carbocycles. The van der Waals surface area contributed by atoms with Crippen molar-refractivity contribution >= 4 is 33.4 Å². The monoisotopic (exact) mass is 361 g/mol. The summed E-state index contributed by atoms with van der Waals surface area (Å²) in [5.74, 6) is 0.561. The van der Waals surface area contributed by atoms with Crippen LogP contribution in [-0.2, 0) is 11.2 Å². The van der Waals surface area contributed by atoms with E-state index in [1.54, 1.807) is 6.07 Å². The quantitative estimate of drug-likeness (QED) is 0.790. The summed E-state index contributed by atoms with van der Waals surface area (Å²) in [6, 6.07) is 4.47. The molecule has 110 valence electrons. The normalized spacial score (nSPS) is 21.9. The second-order valence-corrected chi connectivity index (χ2v) is 6.34. The van der Waals surface area contributed by atoms with Crippen LogP contribution in [0.25, 0.3) is 0 Å². The molecule has 0 heterocycles. The van der Waals surface area contributed by atoms with E-state index in [0.717, 1.165) is 11.8 Å². The van der Waals surface area contributed by atoms with Crippen molar-refractivity contribution in [1.29, 1.82) is 0 Å². The number of hydrogen-bond acceptors (Lipinski definition) is 1. The smallest absolute Gasteiger partial charge is 0.224 e. The maximum Gasteiger partial charge on any atom is 0.224 e. The number of rotatable bonds is 5. The van der Waals surface area contributed by atoms with Crippen LogP contribution in [0, 0.1) is 17.7 Å². The third-order valence-corrected chi connectivity index (χ3v) is 5.16. The Balaban J connectivity index is 1.87. The van der Waals surface area contributed by atoms with E-state index in [0.29, 0.717) is 23.4 Å². The summed E-state index contributed by atoms with van der Waals surface area (Å²) in [6.07, 6.45) is 3.58. The Morgan fingerprint density at radius 1 is 1.40 bits per heavy atom. The summed E-state index contributed by atoms with van der Waals surface area (Å²) < 4.78 is 13.6. The van der Waals surface area contributed by atoms with Gasteiger partial charge in [0.1, 0.15) is 5.82 Å². The van der Waals surface area contributed by atoms with Gasteiger partial charge in [0.25, 0.3) is 0 Å². The van der Waals surface area contributed by atoms with Gasteiger partial charge in [-0.1, -0.05) is 40.0 Å². The zero-order chi connectivity index (χ0) is 14.5. The van der Waals surface area contributed by atoms with E-state index >= 15 is 0 Å². The Labute approximate surface area is 132 Å². The Hall–Kier alpha value is -0.610. The van der Waals surface area contributed by atoms with Gasteiger partial charge in [0.15, 0.2) is 0 Å². The number of alkyl halides is 1. The molecular weight excluding hydrogens is 345 g/mol. The molecule has 1 aromatic carbocycles. The molecule has 0 aliphatic heterocycles. The van der Waals surface area contributed by atoms with Gasteiger partial charge in [-0.25, -0.2) is 4.39 Å². The lowest BCUT2D eigenvalue weighted by atomic mass is 9.98. The van der Waals surface area contributed by atoms with Gasteiger partial charge in [0.2, 0.25) is 5.91 Å². The summed E-state index contributed by atoms with van der Waals surface area (Å²) in [5, 5.41) is 4.19. The van der Waals surface area contributed by atoms with Crippen molar-refractivity contribution in [2.45, 2.75) is 25.7 Å². The van der Waals surface area contributed by atoms with Crippen LogP contribution in [0.2, 0.25) is 5.02 Å².